The lowest BCUT2D eigenvalue weighted by molar-refractivity contribution is -0.148. The van der Waals surface area contributed by atoms with Crippen molar-refractivity contribution in [1.82, 2.24) is 10.2 Å². The first-order chi connectivity index (χ1) is 19.3. The number of ether oxygens (including phenoxy) is 1. The number of rotatable bonds is 10. The summed E-state index contributed by atoms with van der Waals surface area (Å²) >= 11 is 6.58. The Hall–Kier alpha value is -2.78. The van der Waals surface area contributed by atoms with Gasteiger partial charge in [-0.15, -0.1) is 0 Å². The topological polar surface area (TPSA) is 65.0 Å². The zero-order valence-electron chi connectivity index (χ0n) is 22.5. The van der Waals surface area contributed by atoms with E-state index in [1.54, 1.807) is 12.1 Å². The number of fused-ring (bicyclic) bond motifs is 1. The predicted octanol–water partition coefficient (Wildman–Crippen LogP) is 5.21. The second-order valence-corrected chi connectivity index (χ2v) is 11.1. The third kappa shape index (κ3) is 6.92. The number of hydrogen-bond donors (Lipinski definition) is 2. The Bertz CT molecular complexity index is 1310. The fourth-order valence-electron chi connectivity index (χ4n) is 5.55. The molecule has 214 valence electrons. The first-order valence-electron chi connectivity index (χ1n) is 14.0. The van der Waals surface area contributed by atoms with Crippen LogP contribution in [0.3, 0.4) is 0 Å². The zero-order chi connectivity index (χ0) is 28.1. The number of carbonyl (C=O) groups is 1. The van der Waals surface area contributed by atoms with Gasteiger partial charge in [0.2, 0.25) is 0 Å². The van der Waals surface area contributed by atoms with E-state index in [1.807, 2.05) is 48.5 Å². The minimum atomic E-state index is -3.59. The number of amides is 1. The van der Waals surface area contributed by atoms with Crippen molar-refractivity contribution in [2.75, 3.05) is 50.8 Å². The van der Waals surface area contributed by atoms with Crippen LogP contribution >= 0.6 is 11.6 Å². The van der Waals surface area contributed by atoms with Gasteiger partial charge in [0.05, 0.1) is 30.0 Å². The zero-order valence-corrected chi connectivity index (χ0v) is 23.3. The van der Waals surface area contributed by atoms with Gasteiger partial charge in [-0.25, -0.2) is 0 Å². The van der Waals surface area contributed by atoms with E-state index in [9.17, 15) is 9.90 Å². The lowest BCUT2D eigenvalue weighted by Crippen LogP contribution is -2.51. The Labute approximate surface area is 238 Å². The van der Waals surface area contributed by atoms with Crippen LogP contribution in [0.15, 0.2) is 60.7 Å². The number of likely N-dealkylation sites (tertiary alicyclic amines) is 1. The molecule has 2 saturated heterocycles. The Morgan fingerprint density at radius 1 is 1.00 bits per heavy atom. The number of nitrogens with zero attached hydrogens (tertiary/aromatic N) is 2. The van der Waals surface area contributed by atoms with Crippen molar-refractivity contribution in [2.45, 2.75) is 43.8 Å². The lowest BCUT2D eigenvalue weighted by Gasteiger charge is -2.32. The highest BCUT2D eigenvalue weighted by Crippen LogP contribution is 2.32. The van der Waals surface area contributed by atoms with E-state index >= 15 is 8.78 Å². The number of benzene rings is 3. The maximum atomic E-state index is 15.1. The van der Waals surface area contributed by atoms with Crippen LogP contribution in [0.2, 0.25) is 5.02 Å². The summed E-state index contributed by atoms with van der Waals surface area (Å²) in [6, 6.07) is 17.7. The van der Waals surface area contributed by atoms with Gasteiger partial charge in [0.15, 0.2) is 0 Å². The third-order valence-electron chi connectivity index (χ3n) is 7.89. The highest BCUT2D eigenvalue weighted by atomic mass is 35.5. The van der Waals surface area contributed by atoms with Gasteiger partial charge < -0.3 is 25.0 Å². The van der Waals surface area contributed by atoms with Crippen LogP contribution in [0.25, 0.3) is 10.8 Å². The molecule has 2 N–H and O–H groups in total. The maximum absolute atomic E-state index is 15.1. The van der Waals surface area contributed by atoms with Crippen LogP contribution in [-0.4, -0.2) is 73.8 Å². The number of aliphatic hydroxyl groups excluding tert-OH is 1. The molecule has 2 unspecified atom stereocenters. The number of carbonyl (C=O) groups excluding carboxylic acids is 1. The summed E-state index contributed by atoms with van der Waals surface area (Å²) in [6.45, 7) is 4.52. The van der Waals surface area contributed by atoms with Crippen molar-refractivity contribution < 1.29 is 23.4 Å². The molecule has 0 bridgehead atoms. The smallest absolute Gasteiger partial charge is 0.324 e. The quantitative estimate of drug-likeness (QED) is 0.350. The van der Waals surface area contributed by atoms with Crippen LogP contribution in [-0.2, 0) is 16.0 Å². The summed E-state index contributed by atoms with van der Waals surface area (Å²) < 4.78 is 35.7. The average molecular weight is 572 g/mol. The number of anilines is 1. The lowest BCUT2D eigenvalue weighted by atomic mass is 9.99. The molecule has 2 aliphatic rings. The number of hydrogen-bond acceptors (Lipinski definition) is 5. The molecule has 0 radical (unpaired) electrons. The van der Waals surface area contributed by atoms with Gasteiger partial charge in [-0.1, -0.05) is 60.1 Å². The number of halogens is 3. The molecule has 2 atom stereocenters. The predicted molar refractivity (Wildman–Crippen MR) is 154 cm³/mol. The van der Waals surface area contributed by atoms with Crippen molar-refractivity contribution in [2.24, 2.45) is 0 Å². The Morgan fingerprint density at radius 3 is 2.45 bits per heavy atom. The third-order valence-corrected chi connectivity index (χ3v) is 8.19. The molecule has 0 aromatic heterocycles. The SMILES string of the molecule is O=C(NC(CN1CCCC1)C(O)c1ccc(N2CCOCC2)c(Cl)c1)C(F)(F)CCc1ccc2ccccc2c1. The first-order valence-corrected chi connectivity index (χ1v) is 14.4. The molecule has 5 rings (SSSR count). The number of morpholine rings is 1. The van der Waals surface area contributed by atoms with Gasteiger partial charge in [-0.05, 0) is 66.4 Å². The first kappa shape index (κ1) is 28.7. The second-order valence-electron chi connectivity index (χ2n) is 10.7. The summed E-state index contributed by atoms with van der Waals surface area (Å²) in [5.74, 6) is -4.96. The molecule has 2 heterocycles. The minimum Gasteiger partial charge on any atom is -0.386 e. The fourth-order valence-corrected chi connectivity index (χ4v) is 5.86. The van der Waals surface area contributed by atoms with Crippen molar-refractivity contribution >= 4 is 34.0 Å². The highest BCUT2D eigenvalue weighted by molar-refractivity contribution is 6.33. The van der Waals surface area contributed by atoms with E-state index in [2.05, 4.69) is 15.1 Å². The molecule has 0 aliphatic carbocycles. The van der Waals surface area contributed by atoms with Crippen molar-refractivity contribution in [3.05, 3.63) is 76.8 Å². The second kappa shape index (κ2) is 12.8. The van der Waals surface area contributed by atoms with Crippen LogP contribution in [0.4, 0.5) is 14.5 Å². The summed E-state index contributed by atoms with van der Waals surface area (Å²) in [6.07, 6.45) is 0.238. The molecule has 40 heavy (non-hydrogen) atoms. The fraction of sp³-hybridized carbons (Fsp3) is 0.452. The van der Waals surface area contributed by atoms with Crippen LogP contribution in [0.1, 0.15) is 36.5 Å². The molecule has 0 spiro atoms. The normalized spacial score (nSPS) is 18.1. The summed E-state index contributed by atoms with van der Waals surface area (Å²) in [5.41, 5.74) is 2.06. The number of aryl methyl sites for hydroxylation is 1. The van der Waals surface area contributed by atoms with Gasteiger partial charge >= 0.3 is 5.92 Å². The summed E-state index contributed by atoms with van der Waals surface area (Å²) in [5, 5.41) is 16.3. The van der Waals surface area contributed by atoms with Crippen molar-refractivity contribution in [3.8, 4) is 0 Å². The van der Waals surface area contributed by atoms with Gasteiger partial charge in [-0.3, -0.25) is 4.79 Å². The Morgan fingerprint density at radius 2 is 1.73 bits per heavy atom. The number of alkyl halides is 2. The van der Waals surface area contributed by atoms with Crippen LogP contribution < -0.4 is 10.2 Å². The minimum absolute atomic E-state index is 0.0587. The van der Waals surface area contributed by atoms with Gasteiger partial charge in [0, 0.05) is 26.1 Å². The highest BCUT2D eigenvalue weighted by Gasteiger charge is 2.40. The monoisotopic (exact) mass is 571 g/mol. The summed E-state index contributed by atoms with van der Waals surface area (Å²) in [7, 11) is 0. The largest absolute Gasteiger partial charge is 0.386 e. The Kier molecular flexibility index (Phi) is 9.20. The van der Waals surface area contributed by atoms with Crippen molar-refractivity contribution in [3.63, 3.8) is 0 Å². The number of aliphatic hydroxyl groups is 1. The van der Waals surface area contributed by atoms with Gasteiger partial charge in [0.1, 0.15) is 6.10 Å². The van der Waals surface area contributed by atoms with E-state index in [0.29, 0.717) is 36.9 Å². The molecule has 3 aromatic carbocycles. The van der Waals surface area contributed by atoms with E-state index < -0.39 is 30.4 Å². The molecule has 0 saturated carbocycles. The maximum Gasteiger partial charge on any atom is 0.324 e. The molecule has 2 fully saturated rings. The van der Waals surface area contributed by atoms with Crippen LogP contribution in [0.5, 0.6) is 0 Å². The molecular weight excluding hydrogens is 536 g/mol. The average Bonchev–Trinajstić information content (AvgIpc) is 3.49. The molecule has 9 heteroatoms. The molecule has 2 aliphatic heterocycles. The van der Waals surface area contributed by atoms with Gasteiger partial charge in [-0.2, -0.15) is 8.78 Å². The Balaban J connectivity index is 1.28. The van der Waals surface area contributed by atoms with E-state index in [-0.39, 0.29) is 13.0 Å². The summed E-state index contributed by atoms with van der Waals surface area (Å²) in [4.78, 5) is 17.1. The van der Waals surface area contributed by atoms with Crippen LogP contribution in [0, 0.1) is 0 Å². The standard InChI is InChI=1S/C31H36ClF2N3O3/c32-26-20-25(9-10-28(26)37-15-17-40-18-16-37)29(38)27(21-36-13-3-4-14-36)35-30(39)31(33,34)12-11-22-7-8-23-5-1-2-6-24(23)19-22/h1-2,5-10,19-20,27,29,38H,3-4,11-18,21H2,(H,35,39). The molecule has 1 amide bonds. The molecular formula is C31H36ClF2N3O3. The van der Waals surface area contributed by atoms with E-state index in [4.69, 9.17) is 16.3 Å². The van der Waals surface area contributed by atoms with E-state index in [1.165, 1.54) is 0 Å². The molecule has 6 nitrogen and oxygen atoms in total. The molecule has 3 aromatic rings. The number of nitrogens with one attached hydrogen (secondary N) is 1. The van der Waals surface area contributed by atoms with Crippen molar-refractivity contribution in [1.29, 1.82) is 0 Å². The van der Waals surface area contributed by atoms with Gasteiger partial charge in [0.25, 0.3) is 5.91 Å². The van der Waals surface area contributed by atoms with E-state index in [0.717, 1.165) is 48.0 Å².